The Morgan fingerprint density at radius 3 is 2.29 bits per heavy atom. The lowest BCUT2D eigenvalue weighted by atomic mass is 9.82. The fourth-order valence-electron chi connectivity index (χ4n) is 1.25. The maximum Gasteiger partial charge on any atom is 0.451 e. The lowest BCUT2D eigenvalue weighted by molar-refractivity contribution is -0.143. The van der Waals surface area contributed by atoms with Crippen LogP contribution >= 0.6 is 0 Å². The smallest absolute Gasteiger partial charge is 0.451 e. The van der Waals surface area contributed by atoms with Gasteiger partial charge in [-0.25, -0.2) is 0 Å². The number of hydrogen-bond donors (Lipinski definition) is 6. The van der Waals surface area contributed by atoms with Crippen LogP contribution in [-0.4, -0.2) is 46.3 Å². The molecule has 0 aromatic heterocycles. The van der Waals surface area contributed by atoms with Gasteiger partial charge in [-0.05, 0) is 12.7 Å². The molecule has 0 aromatic rings. The molecular formula is C8H19BN4O4. The minimum Gasteiger partial charge on any atom is -0.480 e. The Morgan fingerprint density at radius 2 is 1.88 bits per heavy atom. The van der Waals surface area contributed by atoms with E-state index in [2.05, 4.69) is 4.99 Å². The molecule has 0 radical (unpaired) electrons. The standard InChI is InChI=1S/C8H19BN4O4/c10-7(11)13-5-8(12,6(14)15)3-1-2-4-9(16)17/h16-17H,1-5,12H2,(H,14,15)(H4,10,11,13)/t8-/m1/s1. The van der Waals surface area contributed by atoms with Crippen LogP contribution in [0.5, 0.6) is 0 Å². The lowest BCUT2D eigenvalue weighted by Gasteiger charge is -2.22. The van der Waals surface area contributed by atoms with Crippen molar-refractivity contribution in [2.24, 2.45) is 22.2 Å². The number of carboxylic acid groups (broad SMARTS) is 1. The number of carboxylic acids is 1. The molecule has 0 bridgehead atoms. The van der Waals surface area contributed by atoms with Gasteiger partial charge in [0.2, 0.25) is 0 Å². The number of rotatable bonds is 8. The molecule has 0 fully saturated rings. The molecule has 9 heteroatoms. The van der Waals surface area contributed by atoms with Crippen LogP contribution in [0.4, 0.5) is 0 Å². The summed E-state index contributed by atoms with van der Waals surface area (Å²) in [4.78, 5) is 14.6. The van der Waals surface area contributed by atoms with Crippen LogP contribution in [0.2, 0.25) is 6.32 Å². The Morgan fingerprint density at radius 1 is 1.29 bits per heavy atom. The van der Waals surface area contributed by atoms with Crippen LogP contribution in [0.1, 0.15) is 19.3 Å². The van der Waals surface area contributed by atoms with Crippen LogP contribution in [0.15, 0.2) is 4.99 Å². The molecule has 98 valence electrons. The number of aliphatic carboxylic acids is 1. The number of carbonyl (C=O) groups is 1. The second-order valence-electron chi connectivity index (χ2n) is 3.93. The minimum absolute atomic E-state index is 0.159. The average Bonchev–Trinajstić information content (AvgIpc) is 2.21. The van der Waals surface area contributed by atoms with Gasteiger partial charge in [0.25, 0.3) is 0 Å². The van der Waals surface area contributed by atoms with Gasteiger partial charge < -0.3 is 32.4 Å². The number of unbranched alkanes of at least 4 members (excludes halogenated alkanes) is 1. The van der Waals surface area contributed by atoms with Gasteiger partial charge in [0.15, 0.2) is 5.96 Å². The van der Waals surface area contributed by atoms with Crippen molar-refractivity contribution in [1.29, 1.82) is 0 Å². The summed E-state index contributed by atoms with van der Waals surface area (Å²) in [6.07, 6.45) is 1.25. The Kier molecular flexibility index (Phi) is 6.55. The molecule has 0 aliphatic heterocycles. The number of hydrogen-bond acceptors (Lipinski definition) is 5. The molecule has 9 N–H and O–H groups in total. The van der Waals surface area contributed by atoms with Gasteiger partial charge in [-0.2, -0.15) is 0 Å². The van der Waals surface area contributed by atoms with E-state index in [0.29, 0.717) is 12.8 Å². The van der Waals surface area contributed by atoms with Crippen molar-refractivity contribution >= 4 is 19.0 Å². The predicted octanol–water partition coefficient (Wildman–Crippen LogP) is -2.31. The van der Waals surface area contributed by atoms with Crippen molar-refractivity contribution in [3.63, 3.8) is 0 Å². The van der Waals surface area contributed by atoms with Crippen molar-refractivity contribution < 1.29 is 19.9 Å². The zero-order valence-electron chi connectivity index (χ0n) is 9.54. The molecule has 8 nitrogen and oxygen atoms in total. The molecule has 0 amide bonds. The predicted molar refractivity (Wildman–Crippen MR) is 64.1 cm³/mol. The van der Waals surface area contributed by atoms with E-state index in [0.717, 1.165) is 0 Å². The summed E-state index contributed by atoms with van der Waals surface area (Å²) in [5.74, 6) is -1.40. The van der Waals surface area contributed by atoms with E-state index in [9.17, 15) is 4.79 Å². The lowest BCUT2D eigenvalue weighted by Crippen LogP contribution is -2.51. The molecule has 0 unspecified atom stereocenters. The van der Waals surface area contributed by atoms with Gasteiger partial charge >= 0.3 is 13.1 Å². The first-order valence-electron chi connectivity index (χ1n) is 5.22. The normalized spacial score (nSPS) is 13.8. The molecule has 1 atom stereocenters. The number of aliphatic imine (C=N–C) groups is 1. The fraction of sp³-hybridized carbons (Fsp3) is 0.750. The van der Waals surface area contributed by atoms with Crippen molar-refractivity contribution in [1.82, 2.24) is 0 Å². The summed E-state index contributed by atoms with van der Waals surface area (Å²) in [5, 5.41) is 26.2. The van der Waals surface area contributed by atoms with Gasteiger partial charge in [-0.3, -0.25) is 9.79 Å². The maximum absolute atomic E-state index is 11.0. The van der Waals surface area contributed by atoms with E-state index in [-0.39, 0.29) is 25.2 Å². The first-order valence-corrected chi connectivity index (χ1v) is 5.22. The van der Waals surface area contributed by atoms with Crippen molar-refractivity contribution in [2.45, 2.75) is 31.1 Å². The van der Waals surface area contributed by atoms with Crippen LogP contribution in [0, 0.1) is 0 Å². The van der Waals surface area contributed by atoms with Gasteiger partial charge in [0, 0.05) is 0 Å². The highest BCUT2D eigenvalue weighted by Gasteiger charge is 2.33. The molecule has 0 aromatic carbocycles. The molecule has 0 rings (SSSR count). The Hall–Kier alpha value is -1.32. The first-order chi connectivity index (χ1) is 7.78. The van der Waals surface area contributed by atoms with Crippen LogP contribution in [0.3, 0.4) is 0 Å². The first kappa shape index (κ1) is 15.7. The number of nitrogens with zero attached hydrogens (tertiary/aromatic N) is 1. The molecule has 0 aliphatic rings. The summed E-state index contributed by atoms with van der Waals surface area (Å²) < 4.78 is 0. The molecule has 17 heavy (non-hydrogen) atoms. The highest BCUT2D eigenvalue weighted by atomic mass is 16.4. The highest BCUT2D eigenvalue weighted by molar-refractivity contribution is 6.40. The molecule has 0 saturated carbocycles. The molecule has 0 spiro atoms. The Bertz CT molecular complexity index is 283. The Labute approximate surface area is 99.6 Å². The second-order valence-corrected chi connectivity index (χ2v) is 3.93. The largest absolute Gasteiger partial charge is 0.480 e. The highest BCUT2D eigenvalue weighted by Crippen LogP contribution is 2.14. The Balaban J connectivity index is 4.23. The molecular weight excluding hydrogens is 227 g/mol. The molecule has 0 aliphatic carbocycles. The fourth-order valence-corrected chi connectivity index (χ4v) is 1.25. The summed E-state index contributed by atoms with van der Waals surface area (Å²) in [7, 11) is -1.38. The van der Waals surface area contributed by atoms with E-state index in [1.54, 1.807) is 0 Å². The average molecular weight is 246 g/mol. The van der Waals surface area contributed by atoms with Gasteiger partial charge in [-0.15, -0.1) is 0 Å². The third-order valence-electron chi connectivity index (χ3n) is 2.30. The number of nitrogens with two attached hydrogens (primary N) is 3. The minimum atomic E-state index is -1.52. The van der Waals surface area contributed by atoms with Crippen molar-refractivity contribution in [3.8, 4) is 0 Å². The molecule has 0 heterocycles. The van der Waals surface area contributed by atoms with Gasteiger partial charge in [0.05, 0.1) is 6.54 Å². The van der Waals surface area contributed by atoms with E-state index in [1.165, 1.54) is 0 Å². The van der Waals surface area contributed by atoms with Crippen LogP contribution in [0.25, 0.3) is 0 Å². The zero-order valence-corrected chi connectivity index (χ0v) is 9.54. The van der Waals surface area contributed by atoms with Crippen molar-refractivity contribution in [3.05, 3.63) is 0 Å². The summed E-state index contributed by atoms with van der Waals surface area (Å²) in [5.41, 5.74) is 14.4. The summed E-state index contributed by atoms with van der Waals surface area (Å²) in [6.45, 7) is -0.202. The van der Waals surface area contributed by atoms with E-state index >= 15 is 0 Å². The quantitative estimate of drug-likeness (QED) is 0.121. The van der Waals surface area contributed by atoms with Crippen LogP contribution < -0.4 is 17.2 Å². The summed E-state index contributed by atoms with van der Waals surface area (Å²) >= 11 is 0. The molecule has 0 saturated heterocycles. The van der Waals surface area contributed by atoms with E-state index in [1.807, 2.05) is 0 Å². The van der Waals surface area contributed by atoms with Gasteiger partial charge in [0.1, 0.15) is 5.54 Å². The maximum atomic E-state index is 11.0. The second kappa shape index (κ2) is 7.10. The van der Waals surface area contributed by atoms with Gasteiger partial charge in [-0.1, -0.05) is 12.8 Å². The third kappa shape index (κ3) is 6.77. The zero-order chi connectivity index (χ0) is 13.5. The van der Waals surface area contributed by atoms with Crippen LogP contribution in [-0.2, 0) is 4.79 Å². The van der Waals surface area contributed by atoms with Crippen molar-refractivity contribution in [2.75, 3.05) is 6.54 Å². The topological polar surface area (TPSA) is 168 Å². The van der Waals surface area contributed by atoms with E-state index in [4.69, 9.17) is 32.4 Å². The SMILES string of the molecule is NC(N)=NC[C@](N)(CCCCB(O)O)C(=O)O. The monoisotopic (exact) mass is 246 g/mol. The van der Waals surface area contributed by atoms with E-state index < -0.39 is 18.6 Å². The number of guanidine groups is 1. The summed E-state index contributed by atoms with van der Waals surface area (Å²) in [6, 6.07) is 0. The third-order valence-corrected chi connectivity index (χ3v) is 2.30.